The summed E-state index contributed by atoms with van der Waals surface area (Å²) >= 11 is 0. The molecule has 0 spiro atoms. The maximum absolute atomic E-state index is 13.9. The molecule has 0 N–H and O–H groups in total. The Morgan fingerprint density at radius 1 is 1.23 bits per heavy atom. The molecule has 2 aromatic rings. The number of carbonyl (C=O) groups is 1. The molecule has 4 nitrogen and oxygen atoms in total. The number of allylic oxidation sites excluding steroid dienone is 1. The third kappa shape index (κ3) is 2.42. The van der Waals surface area contributed by atoms with Crippen molar-refractivity contribution < 1.29 is 18.7 Å². The molecule has 2 aromatic carbocycles. The number of rotatable bonds is 2. The fourth-order valence-electron chi connectivity index (χ4n) is 3.67. The molecule has 0 saturated heterocycles. The van der Waals surface area contributed by atoms with E-state index in [-0.39, 0.29) is 17.4 Å². The third-order valence-electron chi connectivity index (χ3n) is 5.22. The lowest BCUT2D eigenvalue weighted by Crippen LogP contribution is -2.34. The molecule has 0 atom stereocenters. The summed E-state index contributed by atoms with van der Waals surface area (Å²) in [7, 11) is 0. The highest BCUT2D eigenvalue weighted by molar-refractivity contribution is 6.15. The van der Waals surface area contributed by atoms with Gasteiger partial charge >= 0.3 is 0 Å². The average molecular weight is 351 g/mol. The van der Waals surface area contributed by atoms with E-state index in [0.717, 1.165) is 23.4 Å². The number of carbonyl (C=O) groups excluding carboxylic acids is 1. The molecule has 5 rings (SSSR count). The van der Waals surface area contributed by atoms with E-state index in [2.05, 4.69) is 4.90 Å². The molecule has 1 aliphatic carbocycles. The van der Waals surface area contributed by atoms with Gasteiger partial charge in [0.1, 0.15) is 24.0 Å². The number of hydrogen-bond donors (Lipinski definition) is 0. The molecule has 0 radical (unpaired) electrons. The van der Waals surface area contributed by atoms with Gasteiger partial charge in [-0.15, -0.1) is 0 Å². The average Bonchev–Trinajstić information content (AvgIpc) is 3.44. The zero-order valence-electron chi connectivity index (χ0n) is 14.4. The molecular weight excluding hydrogens is 333 g/mol. The van der Waals surface area contributed by atoms with Gasteiger partial charge in [-0.3, -0.25) is 9.69 Å². The lowest BCUT2D eigenvalue weighted by Gasteiger charge is -2.30. The summed E-state index contributed by atoms with van der Waals surface area (Å²) < 4.78 is 25.7. The first kappa shape index (κ1) is 15.6. The summed E-state index contributed by atoms with van der Waals surface area (Å²) in [6.07, 6.45) is 3.88. The molecule has 5 heteroatoms. The van der Waals surface area contributed by atoms with E-state index in [1.165, 1.54) is 25.0 Å². The Morgan fingerprint density at radius 2 is 2.04 bits per heavy atom. The van der Waals surface area contributed by atoms with Crippen LogP contribution in [-0.2, 0) is 6.54 Å². The smallest absolute Gasteiger partial charge is 0.231 e. The Balaban J connectivity index is 1.53. The molecule has 1 saturated carbocycles. The largest absolute Gasteiger partial charge is 0.477 e. The van der Waals surface area contributed by atoms with E-state index in [1.807, 2.05) is 13.0 Å². The van der Waals surface area contributed by atoms with Crippen molar-refractivity contribution in [1.82, 2.24) is 4.90 Å². The van der Waals surface area contributed by atoms with E-state index in [9.17, 15) is 9.18 Å². The van der Waals surface area contributed by atoms with Crippen molar-refractivity contribution in [3.8, 4) is 11.5 Å². The number of Topliss-reactive ketones (excluding diaryl/α,β-unsaturated/α-hetero) is 1. The van der Waals surface area contributed by atoms with Crippen LogP contribution in [-0.4, -0.2) is 23.5 Å². The number of benzene rings is 2. The summed E-state index contributed by atoms with van der Waals surface area (Å²) in [5.74, 6) is 0.885. The Hall–Kier alpha value is -2.66. The number of ketones is 1. The molecule has 2 heterocycles. The monoisotopic (exact) mass is 351 g/mol. The highest BCUT2D eigenvalue weighted by Crippen LogP contribution is 2.44. The first-order chi connectivity index (χ1) is 12.6. The second-order valence-electron chi connectivity index (χ2n) is 7.08. The number of ether oxygens (including phenoxy) is 2. The molecule has 132 valence electrons. The Labute approximate surface area is 150 Å². The van der Waals surface area contributed by atoms with Crippen LogP contribution in [0.25, 0.3) is 6.08 Å². The van der Waals surface area contributed by atoms with Gasteiger partial charge in [-0.2, -0.15) is 0 Å². The van der Waals surface area contributed by atoms with Crippen LogP contribution >= 0.6 is 0 Å². The van der Waals surface area contributed by atoms with Gasteiger partial charge < -0.3 is 9.47 Å². The zero-order valence-corrected chi connectivity index (χ0v) is 14.4. The lowest BCUT2D eigenvalue weighted by molar-refractivity contribution is 0.0872. The molecule has 2 aliphatic heterocycles. The summed E-state index contributed by atoms with van der Waals surface area (Å²) in [4.78, 5) is 15.1. The Kier molecular flexibility index (Phi) is 3.40. The normalized spacial score (nSPS) is 20.5. The fraction of sp³-hybridized carbons (Fsp3) is 0.286. The minimum absolute atomic E-state index is 0.148. The van der Waals surface area contributed by atoms with E-state index >= 15 is 0 Å². The van der Waals surface area contributed by atoms with E-state index in [1.54, 1.807) is 18.2 Å². The molecular formula is C21H18FNO3. The SMILES string of the molecule is Cc1c2c(cc3c1O/C(=C\c1ccccc1F)C3=O)CN(C1CC1)CO2. The lowest BCUT2D eigenvalue weighted by atomic mass is 10.00. The summed E-state index contributed by atoms with van der Waals surface area (Å²) in [5.41, 5.74) is 2.72. The van der Waals surface area contributed by atoms with E-state index < -0.39 is 0 Å². The van der Waals surface area contributed by atoms with E-state index in [4.69, 9.17) is 9.47 Å². The number of halogens is 1. The van der Waals surface area contributed by atoms with Gasteiger partial charge in [0.25, 0.3) is 0 Å². The number of nitrogens with zero attached hydrogens (tertiary/aromatic N) is 1. The van der Waals surface area contributed by atoms with Crippen molar-refractivity contribution in [2.45, 2.75) is 32.4 Å². The molecule has 0 amide bonds. The van der Waals surface area contributed by atoms with Crippen LogP contribution in [0.3, 0.4) is 0 Å². The van der Waals surface area contributed by atoms with Crippen LogP contribution in [0, 0.1) is 12.7 Å². The van der Waals surface area contributed by atoms with Gasteiger partial charge in [0, 0.05) is 29.3 Å². The minimum atomic E-state index is -0.383. The van der Waals surface area contributed by atoms with Crippen LogP contribution < -0.4 is 9.47 Å². The van der Waals surface area contributed by atoms with E-state index in [0.29, 0.717) is 29.6 Å². The highest BCUT2D eigenvalue weighted by atomic mass is 19.1. The first-order valence-electron chi connectivity index (χ1n) is 8.84. The fourth-order valence-corrected chi connectivity index (χ4v) is 3.67. The van der Waals surface area contributed by atoms with Gasteiger partial charge in [0.15, 0.2) is 5.76 Å². The van der Waals surface area contributed by atoms with Gasteiger partial charge in [-0.05, 0) is 38.0 Å². The number of hydrogen-bond acceptors (Lipinski definition) is 4. The van der Waals surface area contributed by atoms with Crippen molar-refractivity contribution in [1.29, 1.82) is 0 Å². The van der Waals surface area contributed by atoms with Crippen LogP contribution in [0.2, 0.25) is 0 Å². The molecule has 0 bridgehead atoms. The van der Waals surface area contributed by atoms with Crippen LogP contribution in [0.5, 0.6) is 11.5 Å². The van der Waals surface area contributed by atoms with Crippen LogP contribution in [0.1, 0.15) is 39.9 Å². The second kappa shape index (κ2) is 5.68. The molecule has 26 heavy (non-hydrogen) atoms. The molecule has 3 aliphatic rings. The topological polar surface area (TPSA) is 38.8 Å². The van der Waals surface area contributed by atoms with Crippen molar-refractivity contribution in [3.05, 3.63) is 64.2 Å². The van der Waals surface area contributed by atoms with Gasteiger partial charge in [-0.25, -0.2) is 4.39 Å². The second-order valence-corrected chi connectivity index (χ2v) is 7.08. The maximum atomic E-state index is 13.9. The Morgan fingerprint density at radius 3 is 2.81 bits per heavy atom. The van der Waals surface area contributed by atoms with Crippen LogP contribution in [0.15, 0.2) is 36.1 Å². The van der Waals surface area contributed by atoms with Crippen LogP contribution in [0.4, 0.5) is 4.39 Å². The van der Waals surface area contributed by atoms with Crippen molar-refractivity contribution in [2.75, 3.05) is 6.73 Å². The van der Waals surface area contributed by atoms with Crippen molar-refractivity contribution in [3.63, 3.8) is 0 Å². The maximum Gasteiger partial charge on any atom is 0.231 e. The predicted octanol–water partition coefficient (Wildman–Crippen LogP) is 4.06. The molecule has 0 unspecified atom stereocenters. The number of fused-ring (bicyclic) bond motifs is 2. The van der Waals surface area contributed by atoms with Gasteiger partial charge in [0.2, 0.25) is 5.78 Å². The highest BCUT2D eigenvalue weighted by Gasteiger charge is 2.36. The summed E-state index contributed by atoms with van der Waals surface area (Å²) in [6, 6.07) is 8.80. The quantitative estimate of drug-likeness (QED) is 0.765. The summed E-state index contributed by atoms with van der Waals surface area (Å²) in [5, 5.41) is 0. The van der Waals surface area contributed by atoms with Gasteiger partial charge in [-0.1, -0.05) is 18.2 Å². The standard InChI is InChI=1S/C21H18FNO3/c1-12-20-14(10-23(11-25-20)15-6-7-15)8-16-19(24)18(26-21(12)16)9-13-4-2-3-5-17(13)22/h2-5,8-9,15H,6-7,10-11H2,1H3/b18-9-. The summed E-state index contributed by atoms with van der Waals surface area (Å²) in [6.45, 7) is 3.26. The Bertz CT molecular complexity index is 962. The minimum Gasteiger partial charge on any atom is -0.477 e. The van der Waals surface area contributed by atoms with Crippen molar-refractivity contribution in [2.24, 2.45) is 0 Å². The molecule has 1 fully saturated rings. The zero-order chi connectivity index (χ0) is 17.8. The van der Waals surface area contributed by atoms with Gasteiger partial charge in [0.05, 0.1) is 5.56 Å². The first-order valence-corrected chi connectivity index (χ1v) is 8.84. The molecule has 0 aromatic heterocycles. The third-order valence-corrected chi connectivity index (χ3v) is 5.22. The predicted molar refractivity (Wildman–Crippen MR) is 94.6 cm³/mol. The van der Waals surface area contributed by atoms with Crippen molar-refractivity contribution >= 4 is 11.9 Å².